The number of benzene rings is 1. The van der Waals surface area contributed by atoms with Crippen LogP contribution >= 0.6 is 27.3 Å². The first-order chi connectivity index (χ1) is 8.97. The van der Waals surface area contributed by atoms with E-state index < -0.39 is 5.97 Å². The third kappa shape index (κ3) is 3.33. The van der Waals surface area contributed by atoms with Crippen LogP contribution in [0.15, 0.2) is 34.8 Å². The Morgan fingerprint density at radius 2 is 1.89 bits per heavy atom. The lowest BCUT2D eigenvalue weighted by Gasteiger charge is -2.02. The van der Waals surface area contributed by atoms with E-state index in [-0.39, 0.29) is 0 Å². The summed E-state index contributed by atoms with van der Waals surface area (Å²) in [5.74, 6) is -0.899. The Hall–Kier alpha value is -1.39. The maximum Gasteiger partial charge on any atom is 0.336 e. The van der Waals surface area contributed by atoms with Crippen molar-refractivity contribution in [3.05, 3.63) is 55.7 Å². The number of aliphatic carboxylic acids is 1. The van der Waals surface area contributed by atoms with Gasteiger partial charge in [0.2, 0.25) is 0 Å². The first-order valence-electron chi connectivity index (χ1n) is 5.75. The van der Waals surface area contributed by atoms with Gasteiger partial charge in [0.15, 0.2) is 0 Å². The lowest BCUT2D eigenvalue weighted by molar-refractivity contribution is -0.130. The van der Waals surface area contributed by atoms with Gasteiger partial charge in [-0.2, -0.15) is 0 Å². The Morgan fingerprint density at radius 1 is 1.26 bits per heavy atom. The number of hydrogen-bond acceptors (Lipinski definition) is 2. The molecule has 19 heavy (non-hydrogen) atoms. The van der Waals surface area contributed by atoms with Crippen molar-refractivity contribution < 1.29 is 9.90 Å². The Kier molecular flexibility index (Phi) is 4.22. The van der Waals surface area contributed by atoms with Crippen molar-refractivity contribution in [1.82, 2.24) is 0 Å². The maximum atomic E-state index is 11.5. The van der Waals surface area contributed by atoms with E-state index >= 15 is 0 Å². The van der Waals surface area contributed by atoms with Crippen molar-refractivity contribution >= 4 is 44.9 Å². The summed E-state index contributed by atoms with van der Waals surface area (Å²) < 4.78 is 0.976. The molecule has 2 rings (SSSR count). The minimum Gasteiger partial charge on any atom is -0.478 e. The number of thiophene rings is 1. The zero-order valence-corrected chi connectivity index (χ0v) is 13.0. The van der Waals surface area contributed by atoms with Crippen LogP contribution in [-0.2, 0) is 4.79 Å². The number of rotatable bonds is 3. The number of aryl methyl sites for hydroxylation is 2. The fourth-order valence-electron chi connectivity index (χ4n) is 1.88. The molecule has 0 spiro atoms. The normalized spacial score (nSPS) is 11.6. The monoisotopic (exact) mass is 336 g/mol. The van der Waals surface area contributed by atoms with Gasteiger partial charge in [-0.15, -0.1) is 11.3 Å². The van der Waals surface area contributed by atoms with Gasteiger partial charge < -0.3 is 5.11 Å². The Balaban J connectivity index is 2.49. The van der Waals surface area contributed by atoms with Crippen molar-refractivity contribution in [2.75, 3.05) is 0 Å². The van der Waals surface area contributed by atoms with E-state index in [1.807, 2.05) is 44.2 Å². The predicted octanol–water partition coefficient (Wildman–Crippen LogP) is 4.75. The van der Waals surface area contributed by atoms with Gasteiger partial charge in [0.1, 0.15) is 0 Å². The summed E-state index contributed by atoms with van der Waals surface area (Å²) in [5.41, 5.74) is 2.02. The lowest BCUT2D eigenvalue weighted by Crippen LogP contribution is -1.99. The van der Waals surface area contributed by atoms with Gasteiger partial charge in [0.05, 0.1) is 5.57 Å². The van der Waals surface area contributed by atoms with Crippen LogP contribution in [0.4, 0.5) is 0 Å². The standard InChI is InChI=1S/C15H13BrO2S/c1-9-7-13(10(2)19-9)14(15(17)18)8-11-3-5-12(16)6-4-11/h3-8H,1-2H3,(H,17,18)/b14-8-. The number of carbonyl (C=O) groups is 1. The largest absolute Gasteiger partial charge is 0.478 e. The van der Waals surface area contributed by atoms with E-state index in [0.717, 1.165) is 25.4 Å². The van der Waals surface area contributed by atoms with Crippen molar-refractivity contribution in [3.8, 4) is 0 Å². The van der Waals surface area contributed by atoms with E-state index in [4.69, 9.17) is 0 Å². The highest BCUT2D eigenvalue weighted by atomic mass is 79.9. The summed E-state index contributed by atoms with van der Waals surface area (Å²) in [6, 6.07) is 9.51. The van der Waals surface area contributed by atoms with E-state index in [2.05, 4.69) is 15.9 Å². The molecule has 0 aliphatic heterocycles. The molecule has 0 unspecified atom stereocenters. The lowest BCUT2D eigenvalue weighted by atomic mass is 10.0. The SMILES string of the molecule is Cc1cc(/C(=C/c2ccc(Br)cc2)C(=O)O)c(C)s1. The van der Waals surface area contributed by atoms with Crippen molar-refractivity contribution in [2.45, 2.75) is 13.8 Å². The summed E-state index contributed by atoms with van der Waals surface area (Å²) in [5, 5.41) is 9.40. The molecule has 0 aliphatic carbocycles. The van der Waals surface area contributed by atoms with Crippen molar-refractivity contribution in [3.63, 3.8) is 0 Å². The fourth-order valence-corrected chi connectivity index (χ4v) is 3.08. The highest BCUT2D eigenvalue weighted by molar-refractivity contribution is 9.10. The third-order valence-corrected chi connectivity index (χ3v) is 4.24. The average Bonchev–Trinajstić information content (AvgIpc) is 2.67. The molecule has 98 valence electrons. The molecule has 0 bridgehead atoms. The van der Waals surface area contributed by atoms with E-state index in [1.165, 1.54) is 0 Å². The molecule has 4 heteroatoms. The fraction of sp³-hybridized carbons (Fsp3) is 0.133. The number of carboxylic acids is 1. The van der Waals surface area contributed by atoms with Gasteiger partial charge in [0, 0.05) is 19.8 Å². The average molecular weight is 337 g/mol. The molecule has 0 atom stereocenters. The molecule has 1 aromatic heterocycles. The number of carboxylic acid groups (broad SMARTS) is 1. The molecule has 0 saturated carbocycles. The third-order valence-electron chi connectivity index (χ3n) is 2.74. The van der Waals surface area contributed by atoms with Crippen molar-refractivity contribution in [2.24, 2.45) is 0 Å². The smallest absolute Gasteiger partial charge is 0.336 e. The van der Waals surface area contributed by atoms with Gasteiger partial charge >= 0.3 is 5.97 Å². The highest BCUT2D eigenvalue weighted by Crippen LogP contribution is 2.29. The second-order valence-corrected chi connectivity index (χ2v) is 6.62. The molecule has 2 aromatic rings. The van der Waals surface area contributed by atoms with Crippen LogP contribution in [0, 0.1) is 13.8 Å². The van der Waals surface area contributed by atoms with Crippen LogP contribution in [0.5, 0.6) is 0 Å². The highest BCUT2D eigenvalue weighted by Gasteiger charge is 2.15. The Bertz CT molecular complexity index is 639. The molecule has 0 aliphatic rings. The van der Waals surface area contributed by atoms with Crippen LogP contribution in [0.1, 0.15) is 20.9 Å². The van der Waals surface area contributed by atoms with Crippen LogP contribution < -0.4 is 0 Å². The molecular weight excluding hydrogens is 324 g/mol. The van der Waals surface area contributed by atoms with E-state index in [9.17, 15) is 9.90 Å². The summed E-state index contributed by atoms with van der Waals surface area (Å²) in [6.45, 7) is 3.94. The maximum absolute atomic E-state index is 11.5. The second-order valence-electron chi connectivity index (χ2n) is 4.24. The zero-order chi connectivity index (χ0) is 14.0. The topological polar surface area (TPSA) is 37.3 Å². The summed E-state index contributed by atoms with van der Waals surface area (Å²) in [4.78, 5) is 13.6. The molecule has 0 fully saturated rings. The molecule has 1 aromatic carbocycles. The molecule has 2 nitrogen and oxygen atoms in total. The molecular formula is C15H13BrO2S. The van der Waals surface area contributed by atoms with Gasteiger partial charge in [-0.25, -0.2) is 4.79 Å². The minimum atomic E-state index is -0.899. The van der Waals surface area contributed by atoms with Gasteiger partial charge in [-0.3, -0.25) is 0 Å². The summed E-state index contributed by atoms with van der Waals surface area (Å²) in [7, 11) is 0. The van der Waals surface area contributed by atoms with Crippen LogP contribution in [0.3, 0.4) is 0 Å². The van der Waals surface area contributed by atoms with Gasteiger partial charge in [-0.05, 0) is 43.7 Å². The van der Waals surface area contributed by atoms with Crippen LogP contribution in [0.2, 0.25) is 0 Å². The van der Waals surface area contributed by atoms with Crippen LogP contribution in [0.25, 0.3) is 11.6 Å². The molecule has 0 radical (unpaired) electrons. The summed E-state index contributed by atoms with van der Waals surface area (Å²) >= 11 is 4.98. The van der Waals surface area contributed by atoms with Crippen LogP contribution in [-0.4, -0.2) is 11.1 Å². The second kappa shape index (κ2) is 5.72. The molecule has 0 amide bonds. The van der Waals surface area contributed by atoms with Gasteiger partial charge in [-0.1, -0.05) is 28.1 Å². The minimum absolute atomic E-state index is 0.337. The Labute approximate surface area is 124 Å². The summed E-state index contributed by atoms with van der Waals surface area (Å²) in [6.07, 6.45) is 1.71. The first-order valence-corrected chi connectivity index (χ1v) is 7.36. The zero-order valence-electron chi connectivity index (χ0n) is 10.6. The molecule has 0 saturated heterocycles. The predicted molar refractivity (Wildman–Crippen MR) is 83.4 cm³/mol. The van der Waals surface area contributed by atoms with E-state index in [0.29, 0.717) is 5.57 Å². The molecule has 1 heterocycles. The number of halogens is 1. The quantitative estimate of drug-likeness (QED) is 0.821. The Morgan fingerprint density at radius 3 is 2.37 bits per heavy atom. The number of hydrogen-bond donors (Lipinski definition) is 1. The van der Waals surface area contributed by atoms with Gasteiger partial charge in [0.25, 0.3) is 0 Å². The van der Waals surface area contributed by atoms with E-state index in [1.54, 1.807) is 17.4 Å². The molecule has 1 N–H and O–H groups in total. The first kappa shape index (κ1) is 14.0. The van der Waals surface area contributed by atoms with Crippen molar-refractivity contribution in [1.29, 1.82) is 0 Å².